The lowest BCUT2D eigenvalue weighted by atomic mass is 10.2. The van der Waals surface area contributed by atoms with Crippen LogP contribution in [0, 0.1) is 10.1 Å². The van der Waals surface area contributed by atoms with E-state index >= 15 is 0 Å². The number of nitrogens with zero attached hydrogens (tertiary/aromatic N) is 3. The zero-order valence-corrected chi connectivity index (χ0v) is 14.2. The fourth-order valence-electron chi connectivity index (χ4n) is 2.55. The second-order valence-electron chi connectivity index (χ2n) is 5.63. The van der Waals surface area contributed by atoms with Gasteiger partial charge in [-0.15, -0.1) is 0 Å². The molecule has 1 heterocycles. The van der Waals surface area contributed by atoms with Crippen molar-refractivity contribution in [3.8, 4) is 0 Å². The van der Waals surface area contributed by atoms with Crippen molar-refractivity contribution >= 4 is 34.8 Å². The number of hydrogen-bond acceptors (Lipinski definition) is 5. The summed E-state index contributed by atoms with van der Waals surface area (Å²) in [6, 6.07) is 3.51. The number of rotatable bonds is 4. The van der Waals surface area contributed by atoms with Crippen molar-refractivity contribution in [2.45, 2.75) is 19.9 Å². The van der Waals surface area contributed by atoms with Crippen molar-refractivity contribution in [3.05, 3.63) is 33.3 Å². The maximum absolute atomic E-state index is 12.4. The van der Waals surface area contributed by atoms with Crippen LogP contribution in [0.2, 0.25) is 5.02 Å². The molecule has 2 rings (SSSR count). The normalized spacial score (nSPS) is 16.5. The summed E-state index contributed by atoms with van der Waals surface area (Å²) >= 11 is 5.99. The maximum atomic E-state index is 12.4. The summed E-state index contributed by atoms with van der Waals surface area (Å²) in [4.78, 5) is 37.6. The van der Waals surface area contributed by atoms with Crippen molar-refractivity contribution in [3.63, 3.8) is 0 Å². The van der Waals surface area contributed by atoms with E-state index in [0.29, 0.717) is 31.9 Å². The Morgan fingerprint density at radius 1 is 1.29 bits per heavy atom. The van der Waals surface area contributed by atoms with E-state index < -0.39 is 11.0 Å². The summed E-state index contributed by atoms with van der Waals surface area (Å²) in [6.07, 6.45) is 0. The maximum Gasteiger partial charge on any atom is 0.271 e. The van der Waals surface area contributed by atoms with Crippen LogP contribution in [-0.2, 0) is 9.59 Å². The number of halogens is 1. The summed E-state index contributed by atoms with van der Waals surface area (Å²) < 4.78 is 0. The first-order valence-electron chi connectivity index (χ1n) is 7.54. The van der Waals surface area contributed by atoms with Gasteiger partial charge in [-0.1, -0.05) is 11.6 Å². The first-order valence-corrected chi connectivity index (χ1v) is 7.91. The SMILES string of the molecule is CC(=O)N1CCN([C@@H](C)C(=O)Nc2ccc([N+](=O)[O-])cc2Cl)CC1. The van der Waals surface area contributed by atoms with Crippen LogP contribution in [0.5, 0.6) is 0 Å². The Bertz CT molecular complexity index is 659. The molecule has 1 fully saturated rings. The number of benzene rings is 1. The molecule has 0 aromatic heterocycles. The third-order valence-corrected chi connectivity index (χ3v) is 4.42. The Labute approximate surface area is 144 Å². The second kappa shape index (κ2) is 7.59. The van der Waals surface area contributed by atoms with E-state index in [9.17, 15) is 19.7 Å². The number of non-ortho nitro benzene ring substituents is 1. The molecule has 1 aliphatic rings. The first kappa shape index (κ1) is 18.2. The van der Waals surface area contributed by atoms with Crippen LogP contribution < -0.4 is 5.32 Å². The van der Waals surface area contributed by atoms with Gasteiger partial charge in [0.15, 0.2) is 0 Å². The summed E-state index contributed by atoms with van der Waals surface area (Å²) in [5.74, 6) is -0.216. The molecular formula is C15H19ClN4O4. The summed E-state index contributed by atoms with van der Waals surface area (Å²) in [5, 5.41) is 13.5. The van der Waals surface area contributed by atoms with Crippen molar-refractivity contribution in [2.75, 3.05) is 31.5 Å². The number of carbonyl (C=O) groups is 2. The Balaban J connectivity index is 1.97. The number of nitro groups is 1. The number of carbonyl (C=O) groups excluding carboxylic acids is 2. The van der Waals surface area contributed by atoms with Gasteiger partial charge in [-0.3, -0.25) is 24.6 Å². The summed E-state index contributed by atoms with van der Waals surface area (Å²) in [7, 11) is 0. The van der Waals surface area contributed by atoms with Crippen molar-refractivity contribution in [2.24, 2.45) is 0 Å². The van der Waals surface area contributed by atoms with Gasteiger partial charge < -0.3 is 10.2 Å². The van der Waals surface area contributed by atoms with Crippen molar-refractivity contribution in [1.29, 1.82) is 0 Å². The molecular weight excluding hydrogens is 336 g/mol. The number of nitrogens with one attached hydrogen (secondary N) is 1. The lowest BCUT2D eigenvalue weighted by Crippen LogP contribution is -2.53. The van der Waals surface area contributed by atoms with Gasteiger partial charge >= 0.3 is 0 Å². The van der Waals surface area contributed by atoms with Crippen LogP contribution in [0.15, 0.2) is 18.2 Å². The molecule has 8 nitrogen and oxygen atoms in total. The van der Waals surface area contributed by atoms with Gasteiger partial charge in [0.2, 0.25) is 11.8 Å². The minimum atomic E-state index is -0.547. The van der Waals surface area contributed by atoms with Crippen LogP contribution in [-0.4, -0.2) is 58.8 Å². The average molecular weight is 355 g/mol. The minimum absolute atomic E-state index is 0.0319. The molecule has 1 atom stereocenters. The highest BCUT2D eigenvalue weighted by molar-refractivity contribution is 6.34. The zero-order chi connectivity index (χ0) is 17.9. The second-order valence-corrected chi connectivity index (χ2v) is 6.04. The molecule has 1 aromatic rings. The highest BCUT2D eigenvalue weighted by Crippen LogP contribution is 2.27. The van der Waals surface area contributed by atoms with Gasteiger partial charge in [0.1, 0.15) is 0 Å². The predicted octanol–water partition coefficient (Wildman–Crippen LogP) is 1.74. The van der Waals surface area contributed by atoms with E-state index in [0.717, 1.165) is 0 Å². The highest BCUT2D eigenvalue weighted by atomic mass is 35.5. The quantitative estimate of drug-likeness (QED) is 0.656. The Hall–Kier alpha value is -2.19. The Morgan fingerprint density at radius 2 is 1.92 bits per heavy atom. The van der Waals surface area contributed by atoms with Gasteiger partial charge in [-0.25, -0.2) is 0 Å². The van der Waals surface area contributed by atoms with Crippen LogP contribution in [0.3, 0.4) is 0 Å². The molecule has 24 heavy (non-hydrogen) atoms. The minimum Gasteiger partial charge on any atom is -0.340 e. The topological polar surface area (TPSA) is 95.8 Å². The van der Waals surface area contributed by atoms with E-state index in [2.05, 4.69) is 5.32 Å². The molecule has 0 radical (unpaired) electrons. The number of anilines is 1. The molecule has 1 saturated heterocycles. The molecule has 2 amide bonds. The summed E-state index contributed by atoms with van der Waals surface area (Å²) in [5.41, 5.74) is 0.202. The van der Waals surface area contributed by atoms with E-state index in [1.54, 1.807) is 11.8 Å². The molecule has 0 unspecified atom stereocenters. The van der Waals surface area contributed by atoms with Gasteiger partial charge in [0.05, 0.1) is 21.7 Å². The molecule has 0 aliphatic carbocycles. The third-order valence-electron chi connectivity index (χ3n) is 4.11. The fourth-order valence-corrected chi connectivity index (χ4v) is 2.77. The number of piperazine rings is 1. The zero-order valence-electron chi connectivity index (χ0n) is 13.5. The number of amides is 2. The molecule has 0 spiro atoms. The lowest BCUT2D eigenvalue weighted by Gasteiger charge is -2.37. The molecule has 1 aromatic carbocycles. The largest absolute Gasteiger partial charge is 0.340 e. The smallest absolute Gasteiger partial charge is 0.271 e. The van der Waals surface area contributed by atoms with Crippen molar-refractivity contribution in [1.82, 2.24) is 9.80 Å². The van der Waals surface area contributed by atoms with Crippen LogP contribution in [0.1, 0.15) is 13.8 Å². The van der Waals surface area contributed by atoms with Gasteiger partial charge in [0, 0.05) is 45.2 Å². The monoisotopic (exact) mass is 354 g/mol. The molecule has 9 heteroatoms. The van der Waals surface area contributed by atoms with E-state index in [1.165, 1.54) is 25.1 Å². The van der Waals surface area contributed by atoms with E-state index in [1.807, 2.05) is 4.90 Å². The van der Waals surface area contributed by atoms with Gasteiger partial charge in [0.25, 0.3) is 5.69 Å². The standard InChI is InChI=1S/C15H19ClN4O4/c1-10(18-5-7-19(8-6-18)11(2)21)15(22)17-14-4-3-12(20(23)24)9-13(14)16/h3-4,9-10H,5-8H2,1-2H3,(H,17,22)/t10-/m0/s1. The molecule has 0 saturated carbocycles. The molecule has 0 bridgehead atoms. The van der Waals surface area contributed by atoms with Crippen LogP contribution >= 0.6 is 11.6 Å². The van der Waals surface area contributed by atoms with Gasteiger partial charge in [-0.2, -0.15) is 0 Å². The van der Waals surface area contributed by atoms with Crippen molar-refractivity contribution < 1.29 is 14.5 Å². The average Bonchev–Trinajstić information content (AvgIpc) is 2.55. The predicted molar refractivity (Wildman–Crippen MR) is 90.0 cm³/mol. The third kappa shape index (κ3) is 4.21. The lowest BCUT2D eigenvalue weighted by molar-refractivity contribution is -0.384. The highest BCUT2D eigenvalue weighted by Gasteiger charge is 2.26. The molecule has 1 N–H and O–H groups in total. The Kier molecular flexibility index (Phi) is 5.74. The first-order chi connectivity index (χ1) is 11.3. The fraction of sp³-hybridized carbons (Fsp3) is 0.467. The van der Waals surface area contributed by atoms with Crippen LogP contribution in [0.25, 0.3) is 0 Å². The number of hydrogen-bond donors (Lipinski definition) is 1. The van der Waals surface area contributed by atoms with Gasteiger partial charge in [-0.05, 0) is 13.0 Å². The summed E-state index contributed by atoms with van der Waals surface area (Å²) in [6.45, 7) is 5.71. The van der Waals surface area contributed by atoms with E-state index in [4.69, 9.17) is 11.6 Å². The molecule has 1 aliphatic heterocycles. The van der Waals surface area contributed by atoms with Crippen LogP contribution in [0.4, 0.5) is 11.4 Å². The van der Waals surface area contributed by atoms with E-state index in [-0.39, 0.29) is 22.5 Å². The Morgan fingerprint density at radius 3 is 2.42 bits per heavy atom. The number of nitro benzene ring substituents is 1. The molecule has 130 valence electrons.